The van der Waals surface area contributed by atoms with Gasteiger partial charge in [-0.05, 0) is 37.3 Å². The van der Waals surface area contributed by atoms with Gasteiger partial charge in [-0.2, -0.15) is 0 Å². The van der Waals surface area contributed by atoms with Crippen LogP contribution in [0.1, 0.15) is 33.2 Å². The Morgan fingerprint density at radius 3 is 2.29 bits per heavy atom. The van der Waals surface area contributed by atoms with Crippen molar-refractivity contribution < 1.29 is 14.3 Å². The van der Waals surface area contributed by atoms with Crippen LogP contribution in [0.5, 0.6) is 5.75 Å². The minimum Gasteiger partial charge on any atom is -0.496 e. The molecule has 0 saturated heterocycles. The van der Waals surface area contributed by atoms with Crippen LogP contribution in [-0.2, 0) is 6.54 Å². The largest absolute Gasteiger partial charge is 0.496 e. The fourth-order valence-corrected chi connectivity index (χ4v) is 2.55. The molecule has 0 fully saturated rings. The minimum absolute atomic E-state index is 0.00582. The maximum absolute atomic E-state index is 12.3. The molecule has 0 aliphatic carbocycles. The normalized spacial score (nSPS) is 10.2. The smallest absolute Gasteiger partial charge is 0.254 e. The third-order valence-electron chi connectivity index (χ3n) is 4.09. The number of hydrogen-bond donors (Lipinski definition) is 2. The summed E-state index contributed by atoms with van der Waals surface area (Å²) >= 11 is 0. The Morgan fingerprint density at radius 1 is 0.964 bits per heavy atom. The van der Waals surface area contributed by atoms with Crippen LogP contribution in [-0.4, -0.2) is 28.8 Å². The summed E-state index contributed by atoms with van der Waals surface area (Å²) in [7, 11) is 1.59. The van der Waals surface area contributed by atoms with Crippen LogP contribution >= 0.6 is 0 Å². The van der Waals surface area contributed by atoms with Gasteiger partial charge in [0.2, 0.25) is 5.95 Å². The van der Waals surface area contributed by atoms with E-state index >= 15 is 0 Å². The number of ketones is 1. The van der Waals surface area contributed by atoms with Gasteiger partial charge >= 0.3 is 0 Å². The molecule has 0 bridgehead atoms. The number of anilines is 2. The van der Waals surface area contributed by atoms with E-state index in [1.54, 1.807) is 31.4 Å². The quantitative estimate of drug-likeness (QED) is 0.614. The average molecular weight is 376 g/mol. The number of carbonyl (C=O) groups is 2. The number of aromatic nitrogens is 2. The van der Waals surface area contributed by atoms with E-state index < -0.39 is 0 Å². The first-order chi connectivity index (χ1) is 13.6. The van der Waals surface area contributed by atoms with Gasteiger partial charge in [-0.15, -0.1) is 0 Å². The molecule has 0 unspecified atom stereocenters. The zero-order chi connectivity index (χ0) is 19.9. The Hall–Kier alpha value is -3.74. The zero-order valence-electron chi connectivity index (χ0n) is 15.6. The van der Waals surface area contributed by atoms with Gasteiger partial charge in [-0.3, -0.25) is 9.59 Å². The van der Waals surface area contributed by atoms with Crippen molar-refractivity contribution in [3.05, 3.63) is 77.6 Å². The number of nitrogens with zero attached hydrogens (tertiary/aromatic N) is 2. The molecule has 28 heavy (non-hydrogen) atoms. The van der Waals surface area contributed by atoms with Crippen molar-refractivity contribution in [3.63, 3.8) is 0 Å². The predicted octanol–water partition coefficient (Wildman–Crippen LogP) is 3.36. The first kappa shape index (κ1) is 19.0. The Balaban J connectivity index is 1.60. The summed E-state index contributed by atoms with van der Waals surface area (Å²) < 4.78 is 5.27. The van der Waals surface area contributed by atoms with Gasteiger partial charge in [0.15, 0.2) is 5.78 Å². The van der Waals surface area contributed by atoms with Crippen molar-refractivity contribution in [1.82, 2.24) is 15.3 Å². The molecule has 3 aromatic rings. The van der Waals surface area contributed by atoms with Crippen LogP contribution in [0.25, 0.3) is 0 Å². The Labute approximate surface area is 162 Å². The zero-order valence-corrected chi connectivity index (χ0v) is 15.6. The molecular formula is C21H20N4O3. The molecule has 1 amide bonds. The number of benzene rings is 2. The molecular weight excluding hydrogens is 356 g/mol. The van der Waals surface area contributed by atoms with Gasteiger partial charge in [-0.25, -0.2) is 9.97 Å². The standard InChI is InChI=1S/C21H20N4O3/c1-14(26)15-7-9-18(10-8-15)25-21-23-12-17(13-24-21)20(27)22-11-16-5-3-4-6-19(16)28-2/h3-10,12-13H,11H2,1-2H3,(H,22,27)(H,23,24,25). The minimum atomic E-state index is -0.275. The van der Waals surface area contributed by atoms with E-state index in [1.165, 1.54) is 19.3 Å². The summed E-state index contributed by atoms with van der Waals surface area (Å²) in [6.45, 7) is 1.86. The van der Waals surface area contributed by atoms with E-state index in [1.807, 2.05) is 24.3 Å². The fraction of sp³-hybridized carbons (Fsp3) is 0.143. The predicted molar refractivity (Wildman–Crippen MR) is 106 cm³/mol. The summed E-state index contributed by atoms with van der Waals surface area (Å²) in [6, 6.07) is 14.5. The third-order valence-corrected chi connectivity index (χ3v) is 4.09. The van der Waals surface area contributed by atoms with Crippen LogP contribution in [0, 0.1) is 0 Å². The maximum Gasteiger partial charge on any atom is 0.254 e. The van der Waals surface area contributed by atoms with Crippen molar-refractivity contribution in [1.29, 1.82) is 0 Å². The molecule has 0 radical (unpaired) electrons. The maximum atomic E-state index is 12.3. The highest BCUT2D eigenvalue weighted by atomic mass is 16.5. The van der Waals surface area contributed by atoms with E-state index in [2.05, 4.69) is 20.6 Å². The van der Waals surface area contributed by atoms with Gasteiger partial charge < -0.3 is 15.4 Å². The summed E-state index contributed by atoms with van der Waals surface area (Å²) in [4.78, 5) is 31.9. The lowest BCUT2D eigenvalue weighted by Gasteiger charge is -2.10. The number of carbonyl (C=O) groups excluding carboxylic acids is 2. The molecule has 2 aromatic carbocycles. The average Bonchev–Trinajstić information content (AvgIpc) is 2.73. The van der Waals surface area contributed by atoms with Crippen LogP contribution in [0.2, 0.25) is 0 Å². The number of amides is 1. The molecule has 7 nitrogen and oxygen atoms in total. The molecule has 0 aliphatic rings. The van der Waals surface area contributed by atoms with E-state index in [-0.39, 0.29) is 11.7 Å². The monoisotopic (exact) mass is 376 g/mol. The molecule has 0 aliphatic heterocycles. The Kier molecular flexibility index (Phi) is 5.96. The van der Waals surface area contributed by atoms with E-state index in [0.29, 0.717) is 23.6 Å². The van der Waals surface area contributed by atoms with Crippen LogP contribution in [0.3, 0.4) is 0 Å². The SMILES string of the molecule is COc1ccccc1CNC(=O)c1cnc(Nc2ccc(C(C)=O)cc2)nc1. The lowest BCUT2D eigenvalue weighted by molar-refractivity contribution is 0.0949. The highest BCUT2D eigenvalue weighted by Gasteiger charge is 2.09. The number of para-hydroxylation sites is 1. The number of nitrogens with one attached hydrogen (secondary N) is 2. The summed E-state index contributed by atoms with van der Waals surface area (Å²) in [5, 5.41) is 5.85. The Bertz CT molecular complexity index is 970. The molecule has 142 valence electrons. The molecule has 3 rings (SSSR count). The van der Waals surface area contributed by atoms with Crippen molar-refractivity contribution in [3.8, 4) is 5.75 Å². The molecule has 1 aromatic heterocycles. The van der Waals surface area contributed by atoms with E-state index in [0.717, 1.165) is 17.0 Å². The summed E-state index contributed by atoms with van der Waals surface area (Å²) in [5.41, 5.74) is 2.62. The first-order valence-electron chi connectivity index (χ1n) is 8.67. The van der Waals surface area contributed by atoms with E-state index in [4.69, 9.17) is 4.74 Å². The molecule has 7 heteroatoms. The van der Waals surface area contributed by atoms with Crippen molar-refractivity contribution >= 4 is 23.3 Å². The van der Waals surface area contributed by atoms with Gasteiger partial charge in [-0.1, -0.05) is 18.2 Å². The van der Waals surface area contributed by atoms with Crippen LogP contribution in [0.4, 0.5) is 11.6 Å². The topological polar surface area (TPSA) is 93.2 Å². The highest BCUT2D eigenvalue weighted by molar-refractivity contribution is 5.94. The summed E-state index contributed by atoms with van der Waals surface area (Å²) in [6.07, 6.45) is 2.91. The van der Waals surface area contributed by atoms with Crippen molar-refractivity contribution in [2.24, 2.45) is 0 Å². The molecule has 2 N–H and O–H groups in total. The molecule has 0 spiro atoms. The number of Topliss-reactive ketones (excluding diaryl/α,β-unsaturated/α-hetero) is 1. The fourth-order valence-electron chi connectivity index (χ4n) is 2.55. The van der Waals surface area contributed by atoms with Crippen LogP contribution < -0.4 is 15.4 Å². The number of ether oxygens (including phenoxy) is 1. The molecule has 1 heterocycles. The van der Waals surface area contributed by atoms with Crippen molar-refractivity contribution in [2.75, 3.05) is 12.4 Å². The highest BCUT2D eigenvalue weighted by Crippen LogP contribution is 2.17. The summed E-state index contributed by atoms with van der Waals surface area (Å²) in [5.74, 6) is 0.806. The lowest BCUT2D eigenvalue weighted by atomic mass is 10.1. The second-order valence-electron chi connectivity index (χ2n) is 6.05. The van der Waals surface area contributed by atoms with Crippen molar-refractivity contribution in [2.45, 2.75) is 13.5 Å². The van der Waals surface area contributed by atoms with E-state index in [9.17, 15) is 9.59 Å². The second kappa shape index (κ2) is 8.77. The van der Waals surface area contributed by atoms with Gasteiger partial charge in [0.25, 0.3) is 5.91 Å². The number of hydrogen-bond acceptors (Lipinski definition) is 6. The van der Waals surface area contributed by atoms with Gasteiger partial charge in [0.1, 0.15) is 5.75 Å². The van der Waals surface area contributed by atoms with Gasteiger partial charge in [0.05, 0.1) is 12.7 Å². The molecule has 0 atom stereocenters. The molecule has 0 saturated carbocycles. The number of rotatable bonds is 7. The lowest BCUT2D eigenvalue weighted by Crippen LogP contribution is -2.23. The second-order valence-corrected chi connectivity index (χ2v) is 6.05. The Morgan fingerprint density at radius 2 is 1.64 bits per heavy atom. The first-order valence-corrected chi connectivity index (χ1v) is 8.67. The number of methoxy groups -OCH3 is 1. The van der Waals surface area contributed by atoms with Gasteiger partial charge in [0, 0.05) is 35.8 Å². The third kappa shape index (κ3) is 4.70. The van der Waals surface area contributed by atoms with Crippen LogP contribution in [0.15, 0.2) is 60.9 Å².